The summed E-state index contributed by atoms with van der Waals surface area (Å²) in [6, 6.07) is 8.25. The van der Waals surface area contributed by atoms with Crippen LogP contribution in [0.2, 0.25) is 0 Å². The molecule has 1 aromatic rings. The van der Waals surface area contributed by atoms with Crippen LogP contribution in [0.25, 0.3) is 0 Å². The van der Waals surface area contributed by atoms with Gasteiger partial charge in [0, 0.05) is 26.1 Å². The average molecular weight is 350 g/mol. The maximum absolute atomic E-state index is 12.5. The van der Waals surface area contributed by atoms with Gasteiger partial charge in [0.25, 0.3) is 0 Å². The average Bonchev–Trinajstić information content (AvgIpc) is 2.80. The van der Waals surface area contributed by atoms with Gasteiger partial charge < -0.3 is 15.1 Å². The fraction of sp³-hybridized carbons (Fsp3) is 0.556. The predicted octanol–water partition coefficient (Wildman–Crippen LogP) is 2.03. The van der Waals surface area contributed by atoms with Crippen LogP contribution < -0.4 is 5.32 Å². The van der Waals surface area contributed by atoms with Gasteiger partial charge in [-0.2, -0.15) is 0 Å². The van der Waals surface area contributed by atoms with E-state index in [0.29, 0.717) is 19.5 Å². The summed E-state index contributed by atoms with van der Waals surface area (Å²) < 4.78 is 0. The minimum absolute atomic E-state index is 0.00183. The standard InChI is InChI=1S/C18H27N3O2S/c1-13-6-5-7-15(12-13)18-21(17(23)14(2)24-18)10-8-16(22)19-9-11-20(3)4/h5-7,12,14,18H,8-11H2,1-4H3,(H,19,22)/t14-,18+/m0/s1. The molecule has 0 aromatic heterocycles. The molecule has 132 valence electrons. The number of hydrogen-bond acceptors (Lipinski definition) is 4. The first-order chi connectivity index (χ1) is 11.4. The van der Waals surface area contributed by atoms with Crippen molar-refractivity contribution in [3.8, 4) is 0 Å². The van der Waals surface area contributed by atoms with Crippen LogP contribution in [-0.2, 0) is 9.59 Å². The zero-order valence-electron chi connectivity index (χ0n) is 14.9. The van der Waals surface area contributed by atoms with E-state index in [9.17, 15) is 9.59 Å². The van der Waals surface area contributed by atoms with Crippen LogP contribution in [0.15, 0.2) is 24.3 Å². The summed E-state index contributed by atoms with van der Waals surface area (Å²) in [5.41, 5.74) is 2.31. The number of carbonyl (C=O) groups is 2. The van der Waals surface area contributed by atoms with Crippen LogP contribution >= 0.6 is 11.8 Å². The summed E-state index contributed by atoms with van der Waals surface area (Å²) in [5, 5.41) is 2.84. The number of aryl methyl sites for hydroxylation is 1. The van der Waals surface area contributed by atoms with Crippen LogP contribution in [0.4, 0.5) is 0 Å². The Morgan fingerprint density at radius 2 is 2.12 bits per heavy atom. The van der Waals surface area contributed by atoms with Gasteiger partial charge in [-0.05, 0) is 33.5 Å². The monoisotopic (exact) mass is 349 g/mol. The smallest absolute Gasteiger partial charge is 0.236 e. The van der Waals surface area contributed by atoms with E-state index >= 15 is 0 Å². The number of likely N-dealkylation sites (N-methyl/N-ethyl adjacent to an activating group) is 1. The number of carbonyl (C=O) groups excluding carboxylic acids is 2. The number of hydrogen-bond donors (Lipinski definition) is 1. The van der Waals surface area contributed by atoms with Gasteiger partial charge in [0.05, 0.1) is 5.25 Å². The zero-order chi connectivity index (χ0) is 17.7. The third-order valence-electron chi connectivity index (χ3n) is 4.04. The lowest BCUT2D eigenvalue weighted by Gasteiger charge is -2.24. The lowest BCUT2D eigenvalue weighted by Crippen LogP contribution is -2.36. The Labute approximate surface area is 148 Å². The molecule has 2 atom stereocenters. The second kappa shape index (κ2) is 8.53. The van der Waals surface area contributed by atoms with Gasteiger partial charge in [0.1, 0.15) is 5.37 Å². The maximum Gasteiger partial charge on any atom is 0.236 e. The van der Waals surface area contributed by atoms with Gasteiger partial charge in [-0.1, -0.05) is 29.8 Å². The van der Waals surface area contributed by atoms with Crippen molar-refractivity contribution in [2.24, 2.45) is 0 Å². The number of benzene rings is 1. The molecule has 0 unspecified atom stereocenters. The van der Waals surface area contributed by atoms with Crippen molar-refractivity contribution in [1.29, 1.82) is 0 Å². The quantitative estimate of drug-likeness (QED) is 0.818. The summed E-state index contributed by atoms with van der Waals surface area (Å²) in [5.74, 6) is 0.116. The zero-order valence-corrected chi connectivity index (χ0v) is 15.7. The number of nitrogens with one attached hydrogen (secondary N) is 1. The van der Waals surface area contributed by atoms with E-state index < -0.39 is 0 Å². The van der Waals surface area contributed by atoms with Crippen molar-refractivity contribution in [1.82, 2.24) is 15.1 Å². The maximum atomic E-state index is 12.5. The molecule has 0 radical (unpaired) electrons. The topological polar surface area (TPSA) is 52.7 Å². The normalized spacial score (nSPS) is 20.7. The number of amides is 2. The number of thioether (sulfide) groups is 1. The Bertz CT molecular complexity index is 591. The summed E-state index contributed by atoms with van der Waals surface area (Å²) in [4.78, 5) is 28.3. The van der Waals surface area contributed by atoms with E-state index in [-0.39, 0.29) is 22.4 Å². The summed E-state index contributed by atoms with van der Waals surface area (Å²) in [6.07, 6.45) is 0.342. The van der Waals surface area contributed by atoms with E-state index in [1.54, 1.807) is 11.8 Å². The molecule has 0 saturated carbocycles. The Morgan fingerprint density at radius 1 is 1.38 bits per heavy atom. The van der Waals surface area contributed by atoms with Crippen LogP contribution in [0, 0.1) is 6.92 Å². The molecule has 1 fully saturated rings. The Balaban J connectivity index is 1.95. The fourth-order valence-corrected chi connectivity index (χ4v) is 4.01. The molecule has 1 heterocycles. The Hall–Kier alpha value is -1.53. The molecular formula is C18H27N3O2S. The van der Waals surface area contributed by atoms with E-state index in [0.717, 1.165) is 12.1 Å². The Morgan fingerprint density at radius 3 is 2.79 bits per heavy atom. The van der Waals surface area contributed by atoms with Gasteiger partial charge in [-0.25, -0.2) is 0 Å². The van der Waals surface area contributed by atoms with Crippen molar-refractivity contribution in [2.45, 2.75) is 30.9 Å². The molecule has 0 bridgehead atoms. The fourth-order valence-electron chi connectivity index (χ4n) is 2.71. The van der Waals surface area contributed by atoms with Crippen molar-refractivity contribution in [3.63, 3.8) is 0 Å². The molecular weight excluding hydrogens is 322 g/mol. The largest absolute Gasteiger partial charge is 0.355 e. The summed E-state index contributed by atoms with van der Waals surface area (Å²) in [7, 11) is 3.94. The van der Waals surface area contributed by atoms with Gasteiger partial charge in [0.2, 0.25) is 11.8 Å². The lowest BCUT2D eigenvalue weighted by atomic mass is 10.1. The molecule has 1 N–H and O–H groups in total. The predicted molar refractivity (Wildman–Crippen MR) is 98.9 cm³/mol. The number of nitrogens with zero attached hydrogens (tertiary/aromatic N) is 2. The highest BCUT2D eigenvalue weighted by Gasteiger charge is 2.38. The van der Waals surface area contributed by atoms with Crippen LogP contribution in [0.1, 0.15) is 29.8 Å². The van der Waals surface area contributed by atoms with Crippen LogP contribution in [0.3, 0.4) is 0 Å². The summed E-state index contributed by atoms with van der Waals surface area (Å²) in [6.45, 7) is 5.89. The van der Waals surface area contributed by atoms with E-state index in [1.807, 2.05) is 36.9 Å². The highest BCUT2D eigenvalue weighted by Crippen LogP contribution is 2.42. The van der Waals surface area contributed by atoms with Crippen molar-refractivity contribution in [2.75, 3.05) is 33.7 Å². The minimum atomic E-state index is -0.0627. The van der Waals surface area contributed by atoms with Gasteiger partial charge in [-0.15, -0.1) is 11.8 Å². The molecule has 1 saturated heterocycles. The highest BCUT2D eigenvalue weighted by molar-refractivity contribution is 8.01. The first-order valence-electron chi connectivity index (χ1n) is 8.32. The lowest BCUT2D eigenvalue weighted by molar-refractivity contribution is -0.130. The SMILES string of the molecule is Cc1cccc([C@H]2S[C@@H](C)C(=O)N2CCC(=O)NCCN(C)C)c1. The second-order valence-corrected chi connectivity index (χ2v) is 7.91. The molecule has 2 amide bonds. The van der Waals surface area contributed by atoms with Gasteiger partial charge >= 0.3 is 0 Å². The van der Waals surface area contributed by atoms with E-state index in [2.05, 4.69) is 30.4 Å². The van der Waals surface area contributed by atoms with Gasteiger partial charge in [0.15, 0.2) is 0 Å². The molecule has 1 aliphatic heterocycles. The molecule has 24 heavy (non-hydrogen) atoms. The first kappa shape index (κ1) is 18.8. The van der Waals surface area contributed by atoms with Crippen LogP contribution in [-0.4, -0.2) is 60.6 Å². The van der Waals surface area contributed by atoms with E-state index in [4.69, 9.17) is 0 Å². The van der Waals surface area contributed by atoms with Crippen molar-refractivity contribution >= 4 is 23.6 Å². The molecule has 1 aromatic carbocycles. The van der Waals surface area contributed by atoms with E-state index in [1.165, 1.54) is 5.56 Å². The van der Waals surface area contributed by atoms with Crippen molar-refractivity contribution in [3.05, 3.63) is 35.4 Å². The molecule has 6 heteroatoms. The first-order valence-corrected chi connectivity index (χ1v) is 9.26. The third-order valence-corrected chi connectivity index (χ3v) is 5.43. The summed E-state index contributed by atoms with van der Waals surface area (Å²) >= 11 is 1.65. The highest BCUT2D eigenvalue weighted by atomic mass is 32.2. The molecule has 2 rings (SSSR count). The van der Waals surface area contributed by atoms with Crippen molar-refractivity contribution < 1.29 is 9.59 Å². The number of rotatable bonds is 7. The van der Waals surface area contributed by atoms with Gasteiger partial charge in [-0.3, -0.25) is 9.59 Å². The third kappa shape index (κ3) is 4.98. The molecule has 1 aliphatic rings. The van der Waals surface area contributed by atoms with Crippen LogP contribution in [0.5, 0.6) is 0 Å². The molecule has 0 spiro atoms. The molecule has 0 aliphatic carbocycles. The minimum Gasteiger partial charge on any atom is -0.355 e. The molecule has 5 nitrogen and oxygen atoms in total. The second-order valence-electron chi connectivity index (χ2n) is 6.48. The Kier molecular flexibility index (Phi) is 6.69.